The molecule has 5 heteroatoms. The zero-order chi connectivity index (χ0) is 15.2. The lowest BCUT2D eigenvalue weighted by atomic mass is 10.1. The summed E-state index contributed by atoms with van der Waals surface area (Å²) in [6.07, 6.45) is 7.59. The highest BCUT2D eigenvalue weighted by Gasteiger charge is 2.18. The second-order valence-electron chi connectivity index (χ2n) is 5.42. The Morgan fingerprint density at radius 2 is 2.24 bits per heavy atom. The minimum Gasteiger partial charge on any atom is -0.397 e. The van der Waals surface area contributed by atoms with E-state index in [1.165, 1.54) is 30.6 Å². The van der Waals surface area contributed by atoms with Gasteiger partial charge in [0.2, 0.25) is 0 Å². The average molecular weight is 305 g/mol. The molecular weight excluding hydrogens is 282 g/mol. The summed E-state index contributed by atoms with van der Waals surface area (Å²) in [5.74, 6) is -0.0847. The van der Waals surface area contributed by atoms with Crippen LogP contribution in [0.25, 0.3) is 10.2 Å². The summed E-state index contributed by atoms with van der Waals surface area (Å²) in [5.41, 5.74) is 6.61. The van der Waals surface area contributed by atoms with Crippen molar-refractivity contribution in [3.8, 4) is 0 Å². The molecule has 4 nitrogen and oxygen atoms in total. The number of amides is 1. The molecular formula is C16H23N3OS. The van der Waals surface area contributed by atoms with Crippen molar-refractivity contribution < 1.29 is 4.79 Å². The maximum atomic E-state index is 12.3. The normalized spacial score (nSPS) is 12.5. The van der Waals surface area contributed by atoms with Gasteiger partial charge in [0.05, 0.1) is 5.69 Å². The van der Waals surface area contributed by atoms with Crippen LogP contribution in [0.1, 0.15) is 55.6 Å². The van der Waals surface area contributed by atoms with Gasteiger partial charge in [-0.05, 0) is 25.5 Å². The number of thiophene rings is 1. The van der Waals surface area contributed by atoms with Crippen LogP contribution in [0, 0.1) is 0 Å². The number of unbranched alkanes of at least 4 members (excludes halogenated alkanes) is 3. The molecule has 1 amide bonds. The van der Waals surface area contributed by atoms with Gasteiger partial charge in [0.1, 0.15) is 9.71 Å². The number of hydrogen-bond acceptors (Lipinski definition) is 4. The molecule has 0 aliphatic carbocycles. The van der Waals surface area contributed by atoms with Crippen LogP contribution in [0.3, 0.4) is 0 Å². The highest BCUT2D eigenvalue weighted by molar-refractivity contribution is 7.21. The molecule has 0 aliphatic rings. The standard InChI is InChI=1S/C16H23N3OS/c1-3-4-5-6-8-11(2)19-15(20)14-13(17)12-9-7-10-18-16(12)21-14/h7,9-11H,3-6,8,17H2,1-2H3,(H,19,20). The third-order valence-electron chi connectivity index (χ3n) is 3.58. The number of rotatable bonds is 7. The van der Waals surface area contributed by atoms with E-state index < -0.39 is 0 Å². The fourth-order valence-electron chi connectivity index (χ4n) is 2.36. The topological polar surface area (TPSA) is 68.0 Å². The Bertz CT molecular complexity index is 609. The zero-order valence-electron chi connectivity index (χ0n) is 12.7. The highest BCUT2D eigenvalue weighted by Crippen LogP contribution is 2.31. The minimum atomic E-state index is -0.0847. The second kappa shape index (κ2) is 7.41. The molecule has 2 aromatic heterocycles. The van der Waals surface area contributed by atoms with Gasteiger partial charge in [0, 0.05) is 17.6 Å². The summed E-state index contributed by atoms with van der Waals surface area (Å²) in [6, 6.07) is 3.91. The van der Waals surface area contributed by atoms with Crippen LogP contribution in [0.2, 0.25) is 0 Å². The van der Waals surface area contributed by atoms with Crippen molar-refractivity contribution in [2.75, 3.05) is 5.73 Å². The van der Waals surface area contributed by atoms with Gasteiger partial charge in [-0.25, -0.2) is 4.98 Å². The van der Waals surface area contributed by atoms with Crippen LogP contribution in [0.5, 0.6) is 0 Å². The number of hydrogen-bond donors (Lipinski definition) is 2. The molecule has 114 valence electrons. The average Bonchev–Trinajstić information content (AvgIpc) is 2.81. The molecule has 0 fully saturated rings. The first-order valence-electron chi connectivity index (χ1n) is 7.57. The summed E-state index contributed by atoms with van der Waals surface area (Å²) < 4.78 is 0. The minimum absolute atomic E-state index is 0.0847. The van der Waals surface area contributed by atoms with Crippen molar-refractivity contribution in [3.63, 3.8) is 0 Å². The van der Waals surface area contributed by atoms with E-state index in [0.29, 0.717) is 10.6 Å². The Hall–Kier alpha value is -1.62. The van der Waals surface area contributed by atoms with E-state index in [0.717, 1.165) is 23.1 Å². The number of nitrogens with zero attached hydrogens (tertiary/aromatic N) is 1. The van der Waals surface area contributed by atoms with Gasteiger partial charge < -0.3 is 11.1 Å². The van der Waals surface area contributed by atoms with Crippen LogP contribution < -0.4 is 11.1 Å². The molecule has 0 spiro atoms. The first-order chi connectivity index (χ1) is 10.1. The Kier molecular flexibility index (Phi) is 5.56. The molecule has 0 aliphatic heterocycles. The second-order valence-corrected chi connectivity index (χ2v) is 6.42. The first-order valence-corrected chi connectivity index (χ1v) is 8.39. The Balaban J connectivity index is 1.97. The fourth-order valence-corrected chi connectivity index (χ4v) is 3.32. The van der Waals surface area contributed by atoms with Crippen LogP contribution >= 0.6 is 11.3 Å². The lowest BCUT2D eigenvalue weighted by Gasteiger charge is -2.13. The number of carbonyl (C=O) groups is 1. The summed E-state index contributed by atoms with van der Waals surface area (Å²) in [6.45, 7) is 4.25. The third kappa shape index (κ3) is 3.94. The molecule has 2 aromatic rings. The number of pyridine rings is 1. The van der Waals surface area contributed by atoms with Gasteiger partial charge in [0.15, 0.2) is 0 Å². The summed E-state index contributed by atoms with van der Waals surface area (Å²) >= 11 is 1.36. The summed E-state index contributed by atoms with van der Waals surface area (Å²) in [5, 5.41) is 3.90. The largest absolute Gasteiger partial charge is 0.397 e. The lowest BCUT2D eigenvalue weighted by Crippen LogP contribution is -2.32. The Morgan fingerprint density at radius 3 is 2.95 bits per heavy atom. The van der Waals surface area contributed by atoms with E-state index in [1.54, 1.807) is 6.20 Å². The van der Waals surface area contributed by atoms with Gasteiger partial charge in [-0.2, -0.15) is 0 Å². The Morgan fingerprint density at radius 1 is 1.43 bits per heavy atom. The van der Waals surface area contributed by atoms with Crippen molar-refractivity contribution in [2.45, 2.75) is 52.0 Å². The molecule has 1 unspecified atom stereocenters. The number of nitrogen functional groups attached to an aromatic ring is 1. The number of carbonyl (C=O) groups excluding carboxylic acids is 1. The predicted octanol–water partition coefficient (Wildman–Crippen LogP) is 3.97. The molecule has 0 saturated heterocycles. The van der Waals surface area contributed by atoms with E-state index in [1.807, 2.05) is 19.1 Å². The molecule has 0 radical (unpaired) electrons. The van der Waals surface area contributed by atoms with Crippen LogP contribution in [-0.2, 0) is 0 Å². The maximum absolute atomic E-state index is 12.3. The first kappa shape index (κ1) is 15.8. The van der Waals surface area contributed by atoms with Gasteiger partial charge in [-0.15, -0.1) is 11.3 Å². The van der Waals surface area contributed by atoms with Crippen molar-refractivity contribution in [3.05, 3.63) is 23.2 Å². The smallest absolute Gasteiger partial charge is 0.263 e. The van der Waals surface area contributed by atoms with E-state index in [-0.39, 0.29) is 11.9 Å². The van der Waals surface area contributed by atoms with Gasteiger partial charge in [0.25, 0.3) is 5.91 Å². The molecule has 3 N–H and O–H groups in total. The summed E-state index contributed by atoms with van der Waals surface area (Å²) in [7, 11) is 0. The molecule has 1 atom stereocenters. The van der Waals surface area contributed by atoms with Crippen LogP contribution in [0.4, 0.5) is 5.69 Å². The van der Waals surface area contributed by atoms with E-state index in [9.17, 15) is 4.79 Å². The lowest BCUT2D eigenvalue weighted by molar-refractivity contribution is 0.0943. The third-order valence-corrected chi connectivity index (χ3v) is 4.71. The SMILES string of the molecule is CCCCCCC(C)NC(=O)c1sc2ncccc2c1N. The number of nitrogens with one attached hydrogen (secondary N) is 1. The van der Waals surface area contributed by atoms with Crippen LogP contribution in [0.15, 0.2) is 18.3 Å². The quantitative estimate of drug-likeness (QED) is 0.761. The van der Waals surface area contributed by atoms with Gasteiger partial charge in [-0.3, -0.25) is 4.79 Å². The van der Waals surface area contributed by atoms with E-state index in [4.69, 9.17) is 5.73 Å². The van der Waals surface area contributed by atoms with Gasteiger partial charge in [-0.1, -0.05) is 32.6 Å². The number of nitrogens with two attached hydrogens (primary N) is 1. The fraction of sp³-hybridized carbons (Fsp3) is 0.500. The molecule has 2 rings (SSSR count). The molecule has 0 saturated carbocycles. The van der Waals surface area contributed by atoms with Crippen molar-refractivity contribution in [1.29, 1.82) is 0 Å². The molecule has 0 bridgehead atoms. The van der Waals surface area contributed by atoms with E-state index >= 15 is 0 Å². The number of fused-ring (bicyclic) bond motifs is 1. The van der Waals surface area contributed by atoms with E-state index in [2.05, 4.69) is 17.2 Å². The monoisotopic (exact) mass is 305 g/mol. The molecule has 0 aromatic carbocycles. The van der Waals surface area contributed by atoms with Crippen molar-refractivity contribution >= 4 is 33.1 Å². The van der Waals surface area contributed by atoms with Crippen molar-refractivity contribution in [2.24, 2.45) is 0 Å². The number of aromatic nitrogens is 1. The summed E-state index contributed by atoms with van der Waals surface area (Å²) in [4.78, 5) is 18.0. The number of anilines is 1. The Labute approximate surface area is 129 Å². The maximum Gasteiger partial charge on any atom is 0.263 e. The highest BCUT2D eigenvalue weighted by atomic mass is 32.1. The predicted molar refractivity (Wildman–Crippen MR) is 89.7 cm³/mol. The molecule has 21 heavy (non-hydrogen) atoms. The zero-order valence-corrected chi connectivity index (χ0v) is 13.5. The van der Waals surface area contributed by atoms with Gasteiger partial charge >= 0.3 is 0 Å². The van der Waals surface area contributed by atoms with Crippen molar-refractivity contribution in [1.82, 2.24) is 10.3 Å². The molecule has 2 heterocycles. The van der Waals surface area contributed by atoms with Crippen LogP contribution in [-0.4, -0.2) is 16.9 Å².